The Morgan fingerprint density at radius 1 is 1.24 bits per heavy atom. The summed E-state index contributed by atoms with van der Waals surface area (Å²) in [7, 11) is 0. The van der Waals surface area contributed by atoms with Gasteiger partial charge in [-0.15, -0.1) is 0 Å². The summed E-state index contributed by atoms with van der Waals surface area (Å²) in [5, 5.41) is 3.95. The molecule has 1 saturated carbocycles. The number of hydrogen-bond donors (Lipinski definition) is 2. The molecule has 0 aromatic heterocycles. The molecule has 1 aromatic carbocycles. The fourth-order valence-electron chi connectivity index (χ4n) is 3.69. The number of likely N-dealkylation sites (tertiary alicyclic amines) is 1. The van der Waals surface area contributed by atoms with Crippen LogP contribution < -0.4 is 11.1 Å². The molecule has 8 heteroatoms. The van der Waals surface area contributed by atoms with Crippen molar-refractivity contribution in [3.8, 4) is 0 Å². The molecule has 1 heterocycles. The SMILES string of the molecule is CC(C)(C)OC(=O)N1C[C@@H](N)[C@H](c2ccc(Cl)c(Cl)c2)CC1CC(=O)NC1CC1. The molecule has 1 saturated heterocycles. The maximum absolute atomic E-state index is 12.8. The molecule has 2 aliphatic rings. The summed E-state index contributed by atoms with van der Waals surface area (Å²) in [4.78, 5) is 26.9. The smallest absolute Gasteiger partial charge is 0.410 e. The Morgan fingerprint density at radius 3 is 2.52 bits per heavy atom. The summed E-state index contributed by atoms with van der Waals surface area (Å²) in [5.41, 5.74) is 6.79. The Labute approximate surface area is 182 Å². The van der Waals surface area contributed by atoms with Gasteiger partial charge in [-0.05, 0) is 57.7 Å². The van der Waals surface area contributed by atoms with E-state index in [1.165, 1.54) is 0 Å². The number of carbonyl (C=O) groups is 2. The van der Waals surface area contributed by atoms with Crippen LogP contribution in [0.5, 0.6) is 0 Å². The van der Waals surface area contributed by atoms with E-state index in [1.807, 2.05) is 32.9 Å². The molecular weight excluding hydrogens is 413 g/mol. The number of hydrogen-bond acceptors (Lipinski definition) is 4. The van der Waals surface area contributed by atoms with E-state index < -0.39 is 11.7 Å². The number of rotatable bonds is 4. The van der Waals surface area contributed by atoms with Crippen LogP contribution in [0.1, 0.15) is 57.9 Å². The quantitative estimate of drug-likeness (QED) is 0.736. The normalized spacial score (nSPS) is 24.9. The van der Waals surface area contributed by atoms with Gasteiger partial charge in [-0.1, -0.05) is 29.3 Å². The average molecular weight is 442 g/mol. The predicted molar refractivity (Wildman–Crippen MR) is 114 cm³/mol. The van der Waals surface area contributed by atoms with Crippen molar-refractivity contribution in [3.63, 3.8) is 0 Å². The van der Waals surface area contributed by atoms with Crippen molar-refractivity contribution < 1.29 is 14.3 Å². The van der Waals surface area contributed by atoms with Gasteiger partial charge in [0.25, 0.3) is 0 Å². The van der Waals surface area contributed by atoms with Gasteiger partial charge in [0.1, 0.15) is 5.60 Å². The fraction of sp³-hybridized carbons (Fsp3) is 0.619. The van der Waals surface area contributed by atoms with E-state index >= 15 is 0 Å². The van der Waals surface area contributed by atoms with Crippen LogP contribution in [0.15, 0.2) is 18.2 Å². The molecule has 0 bridgehead atoms. The number of ether oxygens (including phenoxy) is 1. The van der Waals surface area contributed by atoms with Crippen molar-refractivity contribution in [1.29, 1.82) is 0 Å². The van der Waals surface area contributed by atoms with E-state index in [-0.39, 0.29) is 36.4 Å². The summed E-state index contributed by atoms with van der Waals surface area (Å²) in [5.74, 6) is -0.0865. The van der Waals surface area contributed by atoms with Crippen molar-refractivity contribution in [2.24, 2.45) is 5.73 Å². The second kappa shape index (κ2) is 8.70. The third-order valence-electron chi connectivity index (χ3n) is 5.25. The van der Waals surface area contributed by atoms with E-state index in [0.717, 1.165) is 18.4 Å². The minimum absolute atomic E-state index is 0.0396. The highest BCUT2D eigenvalue weighted by atomic mass is 35.5. The number of amides is 2. The van der Waals surface area contributed by atoms with Gasteiger partial charge in [0.2, 0.25) is 5.91 Å². The van der Waals surface area contributed by atoms with Crippen LogP contribution >= 0.6 is 23.2 Å². The number of nitrogens with zero attached hydrogens (tertiary/aromatic N) is 1. The lowest BCUT2D eigenvalue weighted by molar-refractivity contribution is -0.122. The van der Waals surface area contributed by atoms with Gasteiger partial charge in [-0.25, -0.2) is 4.79 Å². The lowest BCUT2D eigenvalue weighted by Crippen LogP contribution is -2.56. The summed E-state index contributed by atoms with van der Waals surface area (Å²) in [6, 6.07) is 5.14. The van der Waals surface area contributed by atoms with Gasteiger partial charge in [0.15, 0.2) is 0 Å². The maximum Gasteiger partial charge on any atom is 0.410 e. The van der Waals surface area contributed by atoms with Crippen LogP contribution in [0.25, 0.3) is 0 Å². The van der Waals surface area contributed by atoms with Crippen LogP contribution in [0, 0.1) is 0 Å². The van der Waals surface area contributed by atoms with Crippen molar-refractivity contribution in [2.45, 2.75) is 76.1 Å². The van der Waals surface area contributed by atoms with Crippen molar-refractivity contribution in [3.05, 3.63) is 33.8 Å². The number of piperidine rings is 1. The first-order chi connectivity index (χ1) is 13.5. The largest absolute Gasteiger partial charge is 0.444 e. The van der Waals surface area contributed by atoms with Crippen LogP contribution in [0.2, 0.25) is 10.0 Å². The summed E-state index contributed by atoms with van der Waals surface area (Å²) in [6.45, 7) is 5.77. The molecule has 1 aliphatic carbocycles. The zero-order chi connectivity index (χ0) is 21.3. The lowest BCUT2D eigenvalue weighted by Gasteiger charge is -2.43. The molecule has 3 rings (SSSR count). The first-order valence-corrected chi connectivity index (χ1v) is 10.8. The molecule has 1 aromatic rings. The van der Waals surface area contributed by atoms with E-state index in [2.05, 4.69) is 5.32 Å². The second-order valence-corrected chi connectivity index (χ2v) is 9.83. The molecule has 2 amide bonds. The van der Waals surface area contributed by atoms with Gasteiger partial charge < -0.3 is 20.7 Å². The van der Waals surface area contributed by atoms with Crippen LogP contribution in [0.4, 0.5) is 4.79 Å². The van der Waals surface area contributed by atoms with Crippen LogP contribution in [0.3, 0.4) is 0 Å². The zero-order valence-corrected chi connectivity index (χ0v) is 18.6. The average Bonchev–Trinajstić information content (AvgIpc) is 3.41. The number of nitrogens with one attached hydrogen (secondary N) is 1. The summed E-state index contributed by atoms with van der Waals surface area (Å²) < 4.78 is 5.57. The van der Waals surface area contributed by atoms with Crippen molar-refractivity contribution in [1.82, 2.24) is 10.2 Å². The number of benzene rings is 1. The molecule has 6 nitrogen and oxygen atoms in total. The molecule has 29 heavy (non-hydrogen) atoms. The highest BCUT2D eigenvalue weighted by Crippen LogP contribution is 2.36. The van der Waals surface area contributed by atoms with Crippen LogP contribution in [-0.2, 0) is 9.53 Å². The Kier molecular flexibility index (Phi) is 6.66. The van der Waals surface area contributed by atoms with Crippen molar-refractivity contribution >= 4 is 35.2 Å². The monoisotopic (exact) mass is 441 g/mol. The zero-order valence-electron chi connectivity index (χ0n) is 17.1. The topological polar surface area (TPSA) is 84.7 Å². The van der Waals surface area contributed by atoms with E-state index in [9.17, 15) is 9.59 Å². The summed E-state index contributed by atoms with van der Waals surface area (Å²) >= 11 is 12.2. The van der Waals surface area contributed by atoms with Crippen molar-refractivity contribution in [2.75, 3.05) is 6.54 Å². The third-order valence-corrected chi connectivity index (χ3v) is 5.99. The predicted octanol–water partition coefficient (Wildman–Crippen LogP) is 4.08. The highest BCUT2D eigenvalue weighted by Gasteiger charge is 2.40. The Balaban J connectivity index is 1.80. The second-order valence-electron chi connectivity index (χ2n) is 9.01. The fourth-order valence-corrected chi connectivity index (χ4v) is 4.00. The highest BCUT2D eigenvalue weighted by molar-refractivity contribution is 6.42. The number of halogens is 2. The lowest BCUT2D eigenvalue weighted by atomic mass is 9.81. The number of nitrogens with two attached hydrogens (primary N) is 1. The van der Waals surface area contributed by atoms with Gasteiger partial charge in [0, 0.05) is 37.0 Å². The molecule has 0 radical (unpaired) electrons. The first kappa shape index (κ1) is 22.2. The Morgan fingerprint density at radius 2 is 1.93 bits per heavy atom. The van der Waals surface area contributed by atoms with E-state index in [1.54, 1.807) is 11.0 Å². The molecule has 2 fully saturated rings. The van der Waals surface area contributed by atoms with Gasteiger partial charge in [-0.2, -0.15) is 0 Å². The summed E-state index contributed by atoms with van der Waals surface area (Å²) in [6.07, 6.45) is 2.37. The van der Waals surface area contributed by atoms with Gasteiger partial charge >= 0.3 is 6.09 Å². The van der Waals surface area contributed by atoms with E-state index in [0.29, 0.717) is 23.0 Å². The Hall–Kier alpha value is -1.50. The maximum atomic E-state index is 12.8. The minimum Gasteiger partial charge on any atom is -0.444 e. The molecule has 160 valence electrons. The van der Waals surface area contributed by atoms with Gasteiger partial charge in [0.05, 0.1) is 10.0 Å². The van der Waals surface area contributed by atoms with Gasteiger partial charge in [-0.3, -0.25) is 4.79 Å². The molecule has 0 spiro atoms. The van der Waals surface area contributed by atoms with E-state index in [4.69, 9.17) is 33.7 Å². The third kappa shape index (κ3) is 6.00. The number of carbonyl (C=O) groups excluding carboxylic acids is 2. The molecule has 1 aliphatic heterocycles. The molecule has 1 unspecified atom stereocenters. The molecular formula is C21H29Cl2N3O3. The molecule has 3 N–H and O–H groups in total. The van der Waals surface area contributed by atoms with Crippen LogP contribution in [-0.4, -0.2) is 47.2 Å². The molecule has 3 atom stereocenters. The Bertz CT molecular complexity index is 777. The standard InChI is InChI=1S/C21H29Cl2N3O3/c1-21(2,3)29-20(28)26-11-18(24)15(12-4-7-16(22)17(23)8-12)9-14(26)10-19(27)25-13-5-6-13/h4,7-8,13-15,18H,5-6,9-11,24H2,1-3H3,(H,25,27)/t14?,15-,18+/m0/s1. The first-order valence-electron chi connectivity index (χ1n) is 10.0. The minimum atomic E-state index is -0.622.